The molecule has 130 valence electrons. The van der Waals surface area contributed by atoms with Crippen LogP contribution in [-0.4, -0.2) is 26.8 Å². The maximum Gasteiger partial charge on any atom is 0.354 e. The van der Waals surface area contributed by atoms with E-state index in [0.717, 1.165) is 0 Å². The summed E-state index contributed by atoms with van der Waals surface area (Å²) in [5.41, 5.74) is 0.367. The zero-order valence-corrected chi connectivity index (χ0v) is 13.9. The van der Waals surface area contributed by atoms with Gasteiger partial charge in [-0.05, 0) is 24.3 Å². The van der Waals surface area contributed by atoms with Gasteiger partial charge in [-0.2, -0.15) is 0 Å². The van der Waals surface area contributed by atoms with E-state index in [2.05, 4.69) is 9.98 Å². The van der Waals surface area contributed by atoms with Crippen molar-refractivity contribution in [2.75, 3.05) is 0 Å². The number of nitrogens with one attached hydrogen (secondary N) is 1. The molecular formula is C18H11ClFN3O3. The molecule has 0 aliphatic carbocycles. The molecule has 1 unspecified atom stereocenters. The molecule has 2 heterocycles. The highest BCUT2D eigenvalue weighted by Gasteiger charge is 2.28. The third-order valence-corrected chi connectivity index (χ3v) is 4.45. The van der Waals surface area contributed by atoms with Crippen LogP contribution < -0.4 is 5.69 Å². The summed E-state index contributed by atoms with van der Waals surface area (Å²) >= 11 is 6.11. The lowest BCUT2D eigenvalue weighted by Crippen LogP contribution is -2.18. The molecule has 0 bridgehead atoms. The van der Waals surface area contributed by atoms with Gasteiger partial charge >= 0.3 is 11.7 Å². The van der Waals surface area contributed by atoms with E-state index in [0.29, 0.717) is 21.8 Å². The van der Waals surface area contributed by atoms with Gasteiger partial charge < -0.3 is 5.11 Å². The minimum atomic E-state index is -1.29. The number of carboxylic acid groups (broad SMARTS) is 1. The van der Waals surface area contributed by atoms with Crippen LogP contribution in [0.3, 0.4) is 0 Å². The first-order chi connectivity index (χ1) is 12.5. The molecule has 1 aliphatic rings. The minimum Gasteiger partial charge on any atom is -0.477 e. The predicted molar refractivity (Wildman–Crippen MR) is 94.2 cm³/mol. The van der Waals surface area contributed by atoms with E-state index >= 15 is 0 Å². The molecule has 4 rings (SSSR count). The Labute approximate surface area is 151 Å². The summed E-state index contributed by atoms with van der Waals surface area (Å²) in [4.78, 5) is 30.5. The fraction of sp³-hybridized carbons (Fsp3) is 0.0556. The number of nitrogens with zero attached hydrogens (tertiary/aromatic N) is 2. The Morgan fingerprint density at radius 2 is 2.00 bits per heavy atom. The Hall–Kier alpha value is -3.19. The van der Waals surface area contributed by atoms with Crippen molar-refractivity contribution in [1.29, 1.82) is 0 Å². The summed E-state index contributed by atoms with van der Waals surface area (Å²) in [6.07, 6.45) is 1.27. The number of H-pyrrole nitrogens is 1. The molecule has 1 atom stereocenters. The van der Waals surface area contributed by atoms with Crippen LogP contribution in [0.1, 0.15) is 33.4 Å². The number of imidazole rings is 1. The maximum atomic E-state index is 14.4. The van der Waals surface area contributed by atoms with E-state index in [9.17, 15) is 19.1 Å². The van der Waals surface area contributed by atoms with Crippen molar-refractivity contribution in [1.82, 2.24) is 9.55 Å². The van der Waals surface area contributed by atoms with Crippen molar-refractivity contribution in [2.24, 2.45) is 4.99 Å². The van der Waals surface area contributed by atoms with Gasteiger partial charge in [-0.3, -0.25) is 14.5 Å². The highest BCUT2D eigenvalue weighted by atomic mass is 35.5. The molecule has 26 heavy (non-hydrogen) atoms. The standard InChI is InChI=1S/C18H11ClFN3O3/c19-9-5-6-13-11(7-9)15(10-3-1-2-4-12(10)20)21-8-14-16(17(24)25)22-18(26)23(13)14/h1-8,15H,(H,22,26)(H,24,25). The zero-order valence-electron chi connectivity index (χ0n) is 13.1. The summed E-state index contributed by atoms with van der Waals surface area (Å²) in [7, 11) is 0. The van der Waals surface area contributed by atoms with Crippen LogP contribution in [0.2, 0.25) is 5.02 Å². The number of aromatic amines is 1. The number of benzene rings is 2. The topological polar surface area (TPSA) is 87.5 Å². The van der Waals surface area contributed by atoms with E-state index in [1.807, 2.05) is 0 Å². The van der Waals surface area contributed by atoms with E-state index in [-0.39, 0.29) is 11.4 Å². The summed E-state index contributed by atoms with van der Waals surface area (Å²) in [5, 5.41) is 9.73. The Bertz CT molecular complexity index is 1130. The van der Waals surface area contributed by atoms with Crippen molar-refractivity contribution in [2.45, 2.75) is 6.04 Å². The van der Waals surface area contributed by atoms with Gasteiger partial charge in [0.2, 0.25) is 0 Å². The first-order valence-electron chi connectivity index (χ1n) is 7.63. The smallest absolute Gasteiger partial charge is 0.354 e. The number of aromatic nitrogens is 2. The maximum absolute atomic E-state index is 14.4. The van der Waals surface area contributed by atoms with Gasteiger partial charge in [0.25, 0.3) is 0 Å². The number of carbonyl (C=O) groups is 1. The normalized spacial score (nSPS) is 15.2. The Morgan fingerprint density at radius 1 is 1.23 bits per heavy atom. The van der Waals surface area contributed by atoms with Gasteiger partial charge in [-0.15, -0.1) is 0 Å². The van der Waals surface area contributed by atoms with E-state index in [1.165, 1.54) is 16.8 Å². The third kappa shape index (κ3) is 2.44. The third-order valence-electron chi connectivity index (χ3n) is 4.22. The number of halogens is 2. The van der Waals surface area contributed by atoms with Crippen molar-refractivity contribution >= 4 is 23.8 Å². The first-order valence-corrected chi connectivity index (χ1v) is 8.01. The molecule has 1 aliphatic heterocycles. The lowest BCUT2D eigenvalue weighted by Gasteiger charge is -2.16. The average Bonchev–Trinajstić information content (AvgIpc) is 2.84. The number of hydrogen-bond donors (Lipinski definition) is 2. The molecule has 2 aromatic carbocycles. The number of hydrogen-bond acceptors (Lipinski definition) is 3. The van der Waals surface area contributed by atoms with Crippen LogP contribution >= 0.6 is 11.6 Å². The van der Waals surface area contributed by atoms with E-state index < -0.39 is 23.5 Å². The summed E-state index contributed by atoms with van der Waals surface area (Å²) < 4.78 is 15.6. The lowest BCUT2D eigenvalue weighted by atomic mass is 9.97. The van der Waals surface area contributed by atoms with Crippen LogP contribution in [0.4, 0.5) is 4.39 Å². The number of aromatic carboxylic acids is 1. The van der Waals surface area contributed by atoms with Crippen LogP contribution in [-0.2, 0) is 0 Å². The van der Waals surface area contributed by atoms with Crippen LogP contribution in [0.15, 0.2) is 52.3 Å². The molecule has 0 fully saturated rings. The summed E-state index contributed by atoms with van der Waals surface area (Å²) in [5.74, 6) is -1.75. The number of rotatable bonds is 2. The highest BCUT2D eigenvalue weighted by Crippen LogP contribution is 2.35. The molecule has 0 saturated heterocycles. The van der Waals surface area contributed by atoms with Crippen LogP contribution in [0, 0.1) is 5.82 Å². The van der Waals surface area contributed by atoms with Gasteiger partial charge in [0.05, 0.1) is 11.4 Å². The van der Waals surface area contributed by atoms with E-state index in [1.54, 1.807) is 36.4 Å². The molecule has 0 radical (unpaired) electrons. The highest BCUT2D eigenvalue weighted by molar-refractivity contribution is 6.30. The molecule has 8 heteroatoms. The molecule has 0 spiro atoms. The minimum absolute atomic E-state index is 0.0879. The Morgan fingerprint density at radius 3 is 2.73 bits per heavy atom. The molecule has 1 aromatic heterocycles. The lowest BCUT2D eigenvalue weighted by molar-refractivity contribution is 0.0690. The second kappa shape index (κ2) is 5.96. The predicted octanol–water partition coefficient (Wildman–Crippen LogP) is 3.18. The van der Waals surface area contributed by atoms with Crippen LogP contribution in [0.5, 0.6) is 0 Å². The van der Waals surface area contributed by atoms with Gasteiger partial charge in [0.15, 0.2) is 5.69 Å². The summed E-state index contributed by atoms with van der Waals surface area (Å²) in [6.45, 7) is 0. The largest absolute Gasteiger partial charge is 0.477 e. The average molecular weight is 372 g/mol. The molecular weight excluding hydrogens is 361 g/mol. The summed E-state index contributed by atoms with van der Waals surface area (Å²) in [6, 6.07) is 10.1. The Kier molecular flexibility index (Phi) is 3.73. The van der Waals surface area contributed by atoms with Gasteiger partial charge in [0.1, 0.15) is 11.9 Å². The fourth-order valence-corrected chi connectivity index (χ4v) is 3.27. The zero-order chi connectivity index (χ0) is 18.4. The van der Waals surface area contributed by atoms with Crippen molar-refractivity contribution in [3.05, 3.63) is 86.3 Å². The second-order valence-electron chi connectivity index (χ2n) is 5.74. The van der Waals surface area contributed by atoms with Crippen LogP contribution in [0.25, 0.3) is 5.69 Å². The molecule has 0 saturated carbocycles. The monoisotopic (exact) mass is 371 g/mol. The van der Waals surface area contributed by atoms with E-state index in [4.69, 9.17) is 11.6 Å². The number of carboxylic acids is 1. The first kappa shape index (κ1) is 16.3. The van der Waals surface area contributed by atoms with Gasteiger partial charge in [0, 0.05) is 22.4 Å². The Balaban J connectivity index is 2.06. The molecule has 0 amide bonds. The van der Waals surface area contributed by atoms with Gasteiger partial charge in [-0.25, -0.2) is 14.0 Å². The fourth-order valence-electron chi connectivity index (χ4n) is 3.09. The van der Waals surface area contributed by atoms with Crippen molar-refractivity contribution < 1.29 is 14.3 Å². The second-order valence-corrected chi connectivity index (χ2v) is 6.17. The van der Waals surface area contributed by atoms with Gasteiger partial charge in [-0.1, -0.05) is 29.8 Å². The SMILES string of the molecule is O=C(O)c1[nH]c(=O)n2c1C=NC(c1ccccc1F)c1cc(Cl)ccc1-2. The van der Waals surface area contributed by atoms with Crippen molar-refractivity contribution in [3.8, 4) is 5.69 Å². The number of fused-ring (bicyclic) bond motifs is 3. The van der Waals surface area contributed by atoms with Crippen molar-refractivity contribution in [3.63, 3.8) is 0 Å². The number of aliphatic imine (C=N–C) groups is 1. The molecule has 3 aromatic rings. The molecule has 6 nitrogen and oxygen atoms in total. The molecule has 2 N–H and O–H groups in total. The quantitative estimate of drug-likeness (QED) is 0.725.